The zero-order chi connectivity index (χ0) is 13.1. The molecule has 0 aromatic rings. The van der Waals surface area contributed by atoms with Crippen molar-refractivity contribution in [2.24, 2.45) is 0 Å². The van der Waals surface area contributed by atoms with Crippen molar-refractivity contribution in [2.75, 3.05) is 6.61 Å². The van der Waals surface area contributed by atoms with Crippen molar-refractivity contribution in [1.82, 2.24) is 0 Å². The Balaban J connectivity index is 4.40. The van der Waals surface area contributed by atoms with Gasteiger partial charge in [-0.3, -0.25) is 4.79 Å². The predicted octanol–water partition coefficient (Wildman–Crippen LogP) is 3.43. The van der Waals surface area contributed by atoms with Crippen LogP contribution in [-0.4, -0.2) is 18.4 Å². The molecule has 17 heavy (non-hydrogen) atoms. The van der Waals surface area contributed by atoms with Gasteiger partial charge in [-0.25, -0.2) is 4.79 Å². The van der Waals surface area contributed by atoms with Crippen LogP contribution in [0.5, 0.6) is 0 Å². The number of carbonyl (C=O) groups is 2. The van der Waals surface area contributed by atoms with Crippen LogP contribution in [0.3, 0.4) is 0 Å². The molecule has 3 nitrogen and oxygen atoms in total. The fourth-order valence-electron chi connectivity index (χ4n) is 1.34. The lowest BCUT2D eigenvalue weighted by atomic mass is 10.1. The van der Waals surface area contributed by atoms with Crippen molar-refractivity contribution in [3.63, 3.8) is 0 Å². The van der Waals surface area contributed by atoms with Gasteiger partial charge < -0.3 is 4.74 Å². The second kappa shape index (κ2) is 10.1. The molecule has 0 spiro atoms. The number of carbonyl (C=O) groups excluding carboxylic acids is 2. The summed E-state index contributed by atoms with van der Waals surface area (Å²) in [7, 11) is 0. The summed E-state index contributed by atoms with van der Waals surface area (Å²) in [6, 6.07) is 0. The minimum absolute atomic E-state index is 0.123. The van der Waals surface area contributed by atoms with E-state index in [1.54, 1.807) is 13.0 Å². The Morgan fingerprint density at radius 1 is 1.06 bits per heavy atom. The van der Waals surface area contributed by atoms with Gasteiger partial charge in [-0.1, -0.05) is 46.1 Å². The zero-order valence-electron chi connectivity index (χ0n) is 11.3. The summed E-state index contributed by atoms with van der Waals surface area (Å²) in [5.41, 5.74) is 0.233. The molecule has 0 heterocycles. The molecule has 0 aliphatic rings. The number of rotatable bonds is 9. The second-order valence-corrected chi connectivity index (χ2v) is 4.03. The van der Waals surface area contributed by atoms with E-state index in [0.29, 0.717) is 13.0 Å². The summed E-state index contributed by atoms with van der Waals surface area (Å²) < 4.78 is 5.07. The van der Waals surface area contributed by atoms with Gasteiger partial charge in [0.15, 0.2) is 5.78 Å². The normalized spacial score (nSPS) is 11.4. The van der Waals surface area contributed by atoms with Gasteiger partial charge >= 0.3 is 5.97 Å². The lowest BCUT2D eigenvalue weighted by Gasteiger charge is -2.06. The van der Waals surface area contributed by atoms with E-state index in [1.807, 2.05) is 6.92 Å². The Morgan fingerprint density at radius 3 is 2.24 bits per heavy atom. The number of hydrogen-bond acceptors (Lipinski definition) is 3. The molecule has 0 fully saturated rings. The third-order valence-electron chi connectivity index (χ3n) is 2.48. The molecule has 0 radical (unpaired) electrons. The Morgan fingerprint density at radius 2 is 1.71 bits per heavy atom. The van der Waals surface area contributed by atoms with Gasteiger partial charge in [0.25, 0.3) is 0 Å². The molecule has 0 aromatic carbocycles. The molecule has 0 saturated carbocycles. The number of ether oxygens (including phenoxy) is 1. The van der Waals surface area contributed by atoms with Crippen LogP contribution in [-0.2, 0) is 14.3 Å². The zero-order valence-corrected chi connectivity index (χ0v) is 11.3. The van der Waals surface area contributed by atoms with Gasteiger partial charge in [0.05, 0.1) is 12.2 Å². The van der Waals surface area contributed by atoms with Gasteiger partial charge in [-0.2, -0.15) is 0 Å². The average molecular weight is 240 g/mol. The Hall–Kier alpha value is -1.12. The fourth-order valence-corrected chi connectivity index (χ4v) is 1.34. The van der Waals surface area contributed by atoms with Gasteiger partial charge in [-0.15, -0.1) is 0 Å². The number of Topliss-reactive ketones (excluding diaryl/α,β-unsaturated/α-hetero) is 1. The molecule has 0 unspecified atom stereocenters. The lowest BCUT2D eigenvalue weighted by Crippen LogP contribution is -2.16. The fraction of sp³-hybridized carbons (Fsp3) is 0.714. The Bertz CT molecular complexity index is 267. The summed E-state index contributed by atoms with van der Waals surface area (Å²) in [6.45, 7) is 6.27. The molecule has 0 atom stereocenters. The van der Waals surface area contributed by atoms with Crippen molar-refractivity contribution in [3.8, 4) is 0 Å². The first-order chi connectivity index (χ1) is 8.17. The molecule has 3 heteroatoms. The van der Waals surface area contributed by atoms with E-state index < -0.39 is 5.97 Å². The summed E-state index contributed by atoms with van der Waals surface area (Å²) in [5, 5.41) is 0. The Kier molecular flexibility index (Phi) is 9.40. The van der Waals surface area contributed by atoms with Crippen molar-refractivity contribution < 1.29 is 14.3 Å². The topological polar surface area (TPSA) is 43.4 Å². The summed E-state index contributed by atoms with van der Waals surface area (Å²) in [4.78, 5) is 23.3. The molecular formula is C14H24O3. The molecular weight excluding hydrogens is 216 g/mol. The number of allylic oxidation sites excluding steroid dienone is 1. The molecule has 98 valence electrons. The largest absolute Gasteiger partial charge is 0.462 e. The standard InChI is InChI=1S/C14H24O3/c1-4-7-9-10-12(13(15)6-3)14(16)17-11-8-5-2/h10H,4-9,11H2,1-3H3. The van der Waals surface area contributed by atoms with Crippen LogP contribution in [0, 0.1) is 0 Å². The summed E-state index contributed by atoms with van der Waals surface area (Å²) in [5.74, 6) is -0.580. The maximum atomic E-state index is 11.7. The molecule has 0 rings (SSSR count). The quantitative estimate of drug-likeness (QED) is 0.204. The van der Waals surface area contributed by atoms with E-state index in [2.05, 4.69) is 6.92 Å². The molecule has 0 aromatic heterocycles. The number of esters is 1. The average Bonchev–Trinajstić information content (AvgIpc) is 2.34. The maximum Gasteiger partial charge on any atom is 0.341 e. The van der Waals surface area contributed by atoms with Crippen molar-refractivity contribution in [2.45, 2.75) is 59.3 Å². The third kappa shape index (κ3) is 6.93. The second-order valence-electron chi connectivity index (χ2n) is 4.03. The maximum absolute atomic E-state index is 11.7. The van der Waals surface area contributed by atoms with Crippen molar-refractivity contribution in [3.05, 3.63) is 11.6 Å². The first kappa shape index (κ1) is 15.9. The SMILES string of the molecule is CCCCC=C(C(=O)CC)C(=O)OCCCC. The Labute approximate surface area is 104 Å². The molecule has 0 aliphatic carbocycles. The number of unbranched alkanes of at least 4 members (excludes halogenated alkanes) is 3. The smallest absolute Gasteiger partial charge is 0.341 e. The lowest BCUT2D eigenvalue weighted by molar-refractivity contribution is -0.140. The van der Waals surface area contributed by atoms with E-state index in [4.69, 9.17) is 4.74 Å². The minimum atomic E-state index is -0.457. The van der Waals surface area contributed by atoms with Gasteiger partial charge in [0.2, 0.25) is 0 Å². The van der Waals surface area contributed by atoms with E-state index in [1.165, 1.54) is 0 Å². The van der Waals surface area contributed by atoms with E-state index >= 15 is 0 Å². The monoisotopic (exact) mass is 240 g/mol. The minimum Gasteiger partial charge on any atom is -0.462 e. The molecule has 0 N–H and O–H groups in total. The predicted molar refractivity (Wildman–Crippen MR) is 68.8 cm³/mol. The van der Waals surface area contributed by atoms with Gasteiger partial charge in [0.1, 0.15) is 0 Å². The van der Waals surface area contributed by atoms with Crippen LogP contribution in [0.25, 0.3) is 0 Å². The molecule has 0 amide bonds. The summed E-state index contributed by atoms with van der Waals surface area (Å²) >= 11 is 0. The molecule has 0 aliphatic heterocycles. The van der Waals surface area contributed by atoms with E-state index in [9.17, 15) is 9.59 Å². The molecule has 0 saturated heterocycles. The van der Waals surface area contributed by atoms with Crippen LogP contribution in [0.4, 0.5) is 0 Å². The highest BCUT2D eigenvalue weighted by Crippen LogP contribution is 2.08. The van der Waals surface area contributed by atoms with Gasteiger partial charge in [-0.05, 0) is 12.8 Å². The van der Waals surface area contributed by atoms with Gasteiger partial charge in [0, 0.05) is 6.42 Å². The number of hydrogen-bond donors (Lipinski definition) is 0. The highest BCUT2D eigenvalue weighted by molar-refractivity contribution is 6.17. The number of ketones is 1. The first-order valence-corrected chi connectivity index (χ1v) is 6.57. The highest BCUT2D eigenvalue weighted by atomic mass is 16.5. The van der Waals surface area contributed by atoms with Crippen LogP contribution in [0.1, 0.15) is 59.3 Å². The van der Waals surface area contributed by atoms with Crippen LogP contribution < -0.4 is 0 Å². The highest BCUT2D eigenvalue weighted by Gasteiger charge is 2.17. The van der Waals surface area contributed by atoms with Crippen molar-refractivity contribution in [1.29, 1.82) is 0 Å². The van der Waals surface area contributed by atoms with Crippen LogP contribution in [0.15, 0.2) is 11.6 Å². The van der Waals surface area contributed by atoms with E-state index in [0.717, 1.165) is 32.1 Å². The third-order valence-corrected chi connectivity index (χ3v) is 2.48. The van der Waals surface area contributed by atoms with E-state index in [-0.39, 0.29) is 11.4 Å². The van der Waals surface area contributed by atoms with Crippen LogP contribution in [0.2, 0.25) is 0 Å². The molecule has 0 bridgehead atoms. The van der Waals surface area contributed by atoms with Crippen molar-refractivity contribution >= 4 is 11.8 Å². The van der Waals surface area contributed by atoms with Crippen LogP contribution >= 0.6 is 0 Å². The summed E-state index contributed by atoms with van der Waals surface area (Å²) in [6.07, 6.45) is 6.70. The first-order valence-electron chi connectivity index (χ1n) is 6.57.